The highest BCUT2D eigenvalue weighted by Gasteiger charge is 2.31. The van der Waals surface area contributed by atoms with Gasteiger partial charge in [-0.25, -0.2) is 0 Å². The van der Waals surface area contributed by atoms with Crippen LogP contribution in [0.15, 0.2) is 48.5 Å². The molecule has 138 valence electrons. The van der Waals surface area contributed by atoms with E-state index in [0.717, 1.165) is 11.3 Å². The summed E-state index contributed by atoms with van der Waals surface area (Å²) >= 11 is 6.80. The van der Waals surface area contributed by atoms with E-state index in [9.17, 15) is 4.79 Å². The zero-order valence-corrected chi connectivity index (χ0v) is 16.3. The van der Waals surface area contributed by atoms with E-state index >= 15 is 0 Å². The molecule has 0 saturated heterocycles. The Morgan fingerprint density at radius 2 is 1.85 bits per heavy atom. The van der Waals surface area contributed by atoms with Crippen LogP contribution in [0.5, 0.6) is 11.5 Å². The lowest BCUT2D eigenvalue weighted by Gasteiger charge is -2.28. The van der Waals surface area contributed by atoms with Crippen LogP contribution in [-0.4, -0.2) is 24.7 Å². The van der Waals surface area contributed by atoms with Gasteiger partial charge in [-0.1, -0.05) is 29.5 Å². The van der Waals surface area contributed by atoms with Crippen LogP contribution in [0.2, 0.25) is 0 Å². The molecule has 27 heavy (non-hydrogen) atoms. The van der Waals surface area contributed by atoms with Crippen LogP contribution in [0.1, 0.15) is 21.4 Å². The molecule has 6 nitrogen and oxygen atoms in total. The van der Waals surface area contributed by atoms with Gasteiger partial charge in [0.2, 0.25) is 0 Å². The molecule has 0 unspecified atom stereocenters. The quantitative estimate of drug-likeness (QED) is 0.646. The van der Waals surface area contributed by atoms with Gasteiger partial charge in [0.15, 0.2) is 3.95 Å². The Morgan fingerprint density at radius 1 is 1.07 bits per heavy atom. The maximum atomic E-state index is 12.7. The number of nitrogens with zero attached hydrogens (tertiary/aromatic N) is 1. The highest BCUT2D eigenvalue weighted by molar-refractivity contribution is 7.73. The van der Waals surface area contributed by atoms with Crippen LogP contribution in [-0.2, 0) is 0 Å². The predicted molar refractivity (Wildman–Crippen MR) is 108 cm³/mol. The van der Waals surface area contributed by atoms with Gasteiger partial charge in [-0.15, -0.1) is 0 Å². The molecule has 4 rings (SSSR count). The fraction of sp³-hybridized carbons (Fsp3) is 0.158. The minimum Gasteiger partial charge on any atom is -0.497 e. The lowest BCUT2D eigenvalue weighted by molar-refractivity contribution is 0.0939. The predicted octanol–water partition coefficient (Wildman–Crippen LogP) is 4.14. The summed E-state index contributed by atoms with van der Waals surface area (Å²) in [7, 11) is 3.19. The van der Waals surface area contributed by atoms with Crippen LogP contribution in [0.25, 0.3) is 5.69 Å². The molecule has 1 amide bonds. The number of anilines is 1. The number of methoxy groups -OCH3 is 2. The normalized spacial score (nSPS) is 15.5. The maximum Gasteiger partial charge on any atom is 0.267 e. The number of hydrogen-bond donors (Lipinski definition) is 2. The summed E-state index contributed by atoms with van der Waals surface area (Å²) in [6.45, 7) is 0. The first kappa shape index (κ1) is 17.6. The molecule has 1 aliphatic rings. The number of nitrogens with one attached hydrogen (secondary N) is 2. The van der Waals surface area contributed by atoms with Crippen molar-refractivity contribution in [2.75, 3.05) is 19.5 Å². The molecule has 8 heteroatoms. The van der Waals surface area contributed by atoms with Crippen molar-refractivity contribution in [3.8, 4) is 17.2 Å². The van der Waals surface area contributed by atoms with E-state index in [1.807, 2.05) is 47.0 Å². The molecule has 3 aromatic rings. The van der Waals surface area contributed by atoms with Gasteiger partial charge >= 0.3 is 0 Å². The smallest absolute Gasteiger partial charge is 0.267 e. The number of para-hydroxylation sites is 1. The average molecular weight is 399 g/mol. The highest BCUT2D eigenvalue weighted by atomic mass is 32.1. The van der Waals surface area contributed by atoms with Crippen molar-refractivity contribution in [2.45, 2.75) is 6.17 Å². The van der Waals surface area contributed by atoms with E-state index in [-0.39, 0.29) is 5.91 Å². The van der Waals surface area contributed by atoms with Crippen molar-refractivity contribution in [1.29, 1.82) is 0 Å². The number of carbonyl (C=O) groups is 1. The Hall–Kier alpha value is -2.84. The van der Waals surface area contributed by atoms with Crippen LogP contribution in [0, 0.1) is 3.95 Å². The molecule has 0 aliphatic carbocycles. The fourth-order valence-electron chi connectivity index (χ4n) is 3.05. The maximum absolute atomic E-state index is 12.7. The van der Waals surface area contributed by atoms with Crippen molar-refractivity contribution in [1.82, 2.24) is 9.88 Å². The lowest BCUT2D eigenvalue weighted by atomic mass is 10.1. The SMILES string of the molecule is COc1ccc([C@H]2NC(=O)c3sc(=S)n(-c4ccccc4)c3N2)c(OC)c1. The minimum atomic E-state index is -0.454. The van der Waals surface area contributed by atoms with E-state index < -0.39 is 6.17 Å². The molecule has 1 aliphatic heterocycles. The van der Waals surface area contributed by atoms with Gasteiger partial charge in [0.05, 0.1) is 14.2 Å². The van der Waals surface area contributed by atoms with Gasteiger partial charge in [-0.05, 0) is 36.5 Å². The number of amides is 1. The van der Waals surface area contributed by atoms with Crippen LogP contribution in [0.3, 0.4) is 0 Å². The Morgan fingerprint density at radius 3 is 2.56 bits per heavy atom. The largest absolute Gasteiger partial charge is 0.497 e. The van der Waals surface area contributed by atoms with Crippen LogP contribution >= 0.6 is 23.6 Å². The fourth-order valence-corrected chi connectivity index (χ4v) is 4.36. The standard InChI is InChI=1S/C19H17N3O3S2/c1-24-12-8-9-13(14(10-12)25-2)16-20-17-15(18(23)21-16)27-19(26)22(17)11-6-4-3-5-7-11/h3-10,16,20H,1-2H3,(H,21,23)/t16-/m1/s1. The summed E-state index contributed by atoms with van der Waals surface area (Å²) in [6.07, 6.45) is -0.454. The molecule has 1 atom stereocenters. The zero-order valence-electron chi connectivity index (χ0n) is 14.7. The first-order chi connectivity index (χ1) is 13.1. The molecule has 2 heterocycles. The Kier molecular flexibility index (Phi) is 4.59. The first-order valence-corrected chi connectivity index (χ1v) is 9.45. The second kappa shape index (κ2) is 7.05. The summed E-state index contributed by atoms with van der Waals surface area (Å²) in [5.41, 5.74) is 1.71. The highest BCUT2D eigenvalue weighted by Crippen LogP contribution is 2.37. The van der Waals surface area contributed by atoms with E-state index in [2.05, 4.69) is 10.6 Å². The number of rotatable bonds is 4. The number of ether oxygens (including phenoxy) is 2. The third kappa shape index (κ3) is 3.07. The third-order valence-corrected chi connectivity index (χ3v) is 5.71. The van der Waals surface area contributed by atoms with Crippen molar-refractivity contribution < 1.29 is 14.3 Å². The molecule has 0 bridgehead atoms. The Balaban J connectivity index is 1.80. The molecule has 0 radical (unpaired) electrons. The van der Waals surface area contributed by atoms with E-state index in [1.165, 1.54) is 11.3 Å². The topological polar surface area (TPSA) is 64.5 Å². The summed E-state index contributed by atoms with van der Waals surface area (Å²) in [6, 6.07) is 15.2. The molecule has 0 saturated carbocycles. The number of carbonyl (C=O) groups excluding carboxylic acids is 1. The first-order valence-electron chi connectivity index (χ1n) is 8.23. The molecule has 0 fully saturated rings. The number of fused-ring (bicyclic) bond motifs is 1. The zero-order chi connectivity index (χ0) is 19.0. The molecular formula is C19H17N3O3S2. The number of benzene rings is 2. The van der Waals surface area contributed by atoms with Crippen molar-refractivity contribution >= 4 is 35.3 Å². The van der Waals surface area contributed by atoms with Gasteiger partial charge in [0.25, 0.3) is 5.91 Å². The molecule has 0 spiro atoms. The van der Waals surface area contributed by atoms with Gasteiger partial charge in [-0.3, -0.25) is 9.36 Å². The molecule has 2 N–H and O–H groups in total. The third-order valence-electron chi connectivity index (χ3n) is 4.34. The van der Waals surface area contributed by atoms with Gasteiger partial charge in [-0.2, -0.15) is 0 Å². The van der Waals surface area contributed by atoms with E-state index in [4.69, 9.17) is 21.7 Å². The van der Waals surface area contributed by atoms with Crippen LogP contribution in [0.4, 0.5) is 5.82 Å². The van der Waals surface area contributed by atoms with Gasteiger partial charge < -0.3 is 20.1 Å². The minimum absolute atomic E-state index is 0.169. The Bertz CT molecular complexity index is 1060. The summed E-state index contributed by atoms with van der Waals surface area (Å²) in [5.74, 6) is 1.82. The molecular weight excluding hydrogens is 382 g/mol. The van der Waals surface area contributed by atoms with Gasteiger partial charge in [0, 0.05) is 17.3 Å². The van der Waals surface area contributed by atoms with Crippen molar-refractivity contribution in [2.24, 2.45) is 0 Å². The van der Waals surface area contributed by atoms with E-state index in [1.54, 1.807) is 20.3 Å². The number of aromatic nitrogens is 1. The second-order valence-corrected chi connectivity index (χ2v) is 7.52. The summed E-state index contributed by atoms with van der Waals surface area (Å²) in [5, 5.41) is 6.37. The number of hydrogen-bond acceptors (Lipinski definition) is 6. The summed E-state index contributed by atoms with van der Waals surface area (Å²) in [4.78, 5) is 13.3. The summed E-state index contributed by atoms with van der Waals surface area (Å²) < 4.78 is 13.2. The second-order valence-electron chi connectivity index (χ2n) is 5.88. The van der Waals surface area contributed by atoms with Crippen molar-refractivity contribution in [3.63, 3.8) is 0 Å². The van der Waals surface area contributed by atoms with Gasteiger partial charge in [0.1, 0.15) is 28.4 Å². The van der Waals surface area contributed by atoms with Crippen molar-refractivity contribution in [3.05, 3.63) is 62.9 Å². The average Bonchev–Trinajstić information content (AvgIpc) is 3.04. The monoisotopic (exact) mass is 399 g/mol. The number of thiazole rings is 1. The molecule has 1 aromatic heterocycles. The van der Waals surface area contributed by atoms with Crippen LogP contribution < -0.4 is 20.1 Å². The lowest BCUT2D eigenvalue weighted by Crippen LogP contribution is -2.38. The Labute approximate surface area is 165 Å². The van der Waals surface area contributed by atoms with E-state index in [0.29, 0.717) is 26.1 Å². The molecule has 2 aromatic carbocycles.